The van der Waals surface area contributed by atoms with Crippen molar-refractivity contribution in [1.29, 1.82) is 0 Å². The molecule has 1 aliphatic heterocycles. The molecule has 0 aromatic heterocycles. The van der Waals surface area contributed by atoms with Crippen LogP contribution in [0.1, 0.15) is 18.4 Å². The molecule has 20 heavy (non-hydrogen) atoms. The van der Waals surface area contributed by atoms with E-state index < -0.39 is 29.7 Å². The molecule has 1 unspecified atom stereocenters. The van der Waals surface area contributed by atoms with E-state index in [9.17, 15) is 22.8 Å². The molecule has 3 amide bonds. The van der Waals surface area contributed by atoms with Crippen molar-refractivity contribution in [2.45, 2.75) is 25.1 Å². The zero-order chi connectivity index (χ0) is 14.5. The van der Waals surface area contributed by atoms with Crippen LogP contribution in [0.2, 0.25) is 0 Å². The Morgan fingerprint density at radius 1 is 1.20 bits per heavy atom. The molecule has 1 aromatic rings. The molecule has 2 fully saturated rings. The highest BCUT2D eigenvalue weighted by molar-refractivity contribution is 6.21. The quantitative estimate of drug-likeness (QED) is 0.848. The summed E-state index contributed by atoms with van der Waals surface area (Å²) in [5, 5.41) is 2.53. The summed E-state index contributed by atoms with van der Waals surface area (Å²) in [6.07, 6.45) is -2.80. The lowest BCUT2D eigenvalue weighted by Crippen LogP contribution is -2.32. The highest BCUT2D eigenvalue weighted by atomic mass is 19.4. The summed E-state index contributed by atoms with van der Waals surface area (Å²) in [5.41, 5.74) is -0.934. The van der Waals surface area contributed by atoms with E-state index in [4.69, 9.17) is 0 Å². The number of benzene rings is 1. The third-order valence-electron chi connectivity index (χ3n) is 3.49. The summed E-state index contributed by atoms with van der Waals surface area (Å²) in [4.78, 5) is 24.7. The van der Waals surface area contributed by atoms with Gasteiger partial charge < -0.3 is 5.32 Å². The lowest BCUT2D eigenvalue weighted by molar-refractivity contribution is -0.137. The SMILES string of the molecule is O=C1NC(C2CC2)C(=O)N1c1cccc(C(F)(F)F)c1. The molecule has 1 aliphatic carbocycles. The number of urea groups is 1. The van der Waals surface area contributed by atoms with E-state index in [-0.39, 0.29) is 11.6 Å². The fourth-order valence-electron chi connectivity index (χ4n) is 2.31. The minimum Gasteiger partial charge on any atom is -0.325 e. The summed E-state index contributed by atoms with van der Waals surface area (Å²) in [6, 6.07) is 2.96. The molecule has 7 heteroatoms. The van der Waals surface area contributed by atoms with Crippen LogP contribution in [0, 0.1) is 5.92 Å². The highest BCUT2D eigenvalue weighted by Crippen LogP contribution is 2.37. The van der Waals surface area contributed by atoms with Crippen molar-refractivity contribution < 1.29 is 22.8 Å². The number of nitrogens with one attached hydrogen (secondary N) is 1. The van der Waals surface area contributed by atoms with E-state index in [2.05, 4.69) is 5.32 Å². The van der Waals surface area contributed by atoms with Gasteiger partial charge in [-0.05, 0) is 37.0 Å². The monoisotopic (exact) mass is 284 g/mol. The van der Waals surface area contributed by atoms with E-state index >= 15 is 0 Å². The van der Waals surface area contributed by atoms with Gasteiger partial charge in [0.25, 0.3) is 5.91 Å². The van der Waals surface area contributed by atoms with Gasteiger partial charge in [-0.15, -0.1) is 0 Å². The largest absolute Gasteiger partial charge is 0.416 e. The second-order valence-corrected chi connectivity index (χ2v) is 4.99. The summed E-state index contributed by atoms with van der Waals surface area (Å²) in [6.45, 7) is 0. The predicted molar refractivity (Wildman–Crippen MR) is 64.0 cm³/mol. The fourth-order valence-corrected chi connectivity index (χ4v) is 2.31. The van der Waals surface area contributed by atoms with E-state index in [1.54, 1.807) is 0 Å². The van der Waals surface area contributed by atoms with Crippen LogP contribution in [0.3, 0.4) is 0 Å². The number of hydrogen-bond acceptors (Lipinski definition) is 2. The van der Waals surface area contributed by atoms with Gasteiger partial charge in [-0.1, -0.05) is 6.07 Å². The first-order valence-electron chi connectivity index (χ1n) is 6.19. The number of rotatable bonds is 2. The van der Waals surface area contributed by atoms with Gasteiger partial charge >= 0.3 is 12.2 Å². The topological polar surface area (TPSA) is 49.4 Å². The maximum atomic E-state index is 12.7. The van der Waals surface area contributed by atoms with Crippen LogP contribution in [-0.4, -0.2) is 18.0 Å². The van der Waals surface area contributed by atoms with Crippen molar-refractivity contribution >= 4 is 17.6 Å². The molecule has 2 aliphatic rings. The molecular weight excluding hydrogens is 273 g/mol. The minimum absolute atomic E-state index is 0.0505. The zero-order valence-corrected chi connectivity index (χ0v) is 10.3. The molecule has 3 rings (SSSR count). The van der Waals surface area contributed by atoms with Crippen LogP contribution in [0.15, 0.2) is 24.3 Å². The number of amides is 3. The second-order valence-electron chi connectivity index (χ2n) is 4.99. The van der Waals surface area contributed by atoms with Gasteiger partial charge in [-0.25, -0.2) is 9.69 Å². The normalized spacial score (nSPS) is 23.1. The average molecular weight is 284 g/mol. The van der Waals surface area contributed by atoms with Crippen molar-refractivity contribution in [3.05, 3.63) is 29.8 Å². The van der Waals surface area contributed by atoms with Crippen molar-refractivity contribution in [3.8, 4) is 0 Å². The fraction of sp³-hybridized carbons (Fsp3) is 0.385. The molecule has 4 nitrogen and oxygen atoms in total. The molecule has 1 heterocycles. The number of carbonyl (C=O) groups excluding carboxylic acids is 2. The van der Waals surface area contributed by atoms with Gasteiger partial charge in [0.1, 0.15) is 6.04 Å². The molecule has 1 saturated heterocycles. The lowest BCUT2D eigenvalue weighted by atomic mass is 10.1. The number of hydrogen-bond donors (Lipinski definition) is 1. The van der Waals surface area contributed by atoms with E-state index in [1.807, 2.05) is 0 Å². The van der Waals surface area contributed by atoms with E-state index in [0.717, 1.165) is 29.9 Å². The first-order valence-corrected chi connectivity index (χ1v) is 6.19. The van der Waals surface area contributed by atoms with Crippen molar-refractivity contribution in [3.63, 3.8) is 0 Å². The minimum atomic E-state index is -4.51. The van der Waals surface area contributed by atoms with Crippen LogP contribution in [0.4, 0.5) is 23.7 Å². The summed E-state index contributed by atoms with van der Waals surface area (Å²) in [5.74, 6) is -0.362. The van der Waals surface area contributed by atoms with Gasteiger partial charge in [0.05, 0.1) is 11.3 Å². The third kappa shape index (κ3) is 2.13. The predicted octanol–water partition coefficient (Wildman–Crippen LogP) is 2.54. The number of imide groups is 1. The number of carbonyl (C=O) groups is 2. The maximum Gasteiger partial charge on any atom is 0.416 e. The molecule has 1 atom stereocenters. The smallest absolute Gasteiger partial charge is 0.325 e. The van der Waals surface area contributed by atoms with Crippen LogP contribution in [0.5, 0.6) is 0 Å². The van der Waals surface area contributed by atoms with Crippen molar-refractivity contribution in [2.75, 3.05) is 4.90 Å². The first-order chi connectivity index (χ1) is 9.38. The molecule has 1 N–H and O–H groups in total. The maximum absolute atomic E-state index is 12.7. The molecule has 1 aromatic carbocycles. The van der Waals surface area contributed by atoms with Gasteiger partial charge in [0.2, 0.25) is 0 Å². The number of nitrogens with zero attached hydrogens (tertiary/aromatic N) is 1. The van der Waals surface area contributed by atoms with E-state index in [1.165, 1.54) is 12.1 Å². The van der Waals surface area contributed by atoms with Gasteiger partial charge in [-0.2, -0.15) is 13.2 Å². The molecule has 0 radical (unpaired) electrons. The molecule has 1 saturated carbocycles. The third-order valence-corrected chi connectivity index (χ3v) is 3.49. The summed E-state index contributed by atoms with van der Waals surface area (Å²) >= 11 is 0. The number of alkyl halides is 3. The van der Waals surface area contributed by atoms with Crippen LogP contribution in [0.25, 0.3) is 0 Å². The Morgan fingerprint density at radius 2 is 1.90 bits per heavy atom. The van der Waals surface area contributed by atoms with Crippen LogP contribution in [-0.2, 0) is 11.0 Å². The van der Waals surface area contributed by atoms with Gasteiger partial charge in [0, 0.05) is 0 Å². The molecule has 106 valence electrons. The second kappa shape index (κ2) is 4.22. The molecular formula is C13H11F3N2O2. The van der Waals surface area contributed by atoms with Gasteiger partial charge in [-0.3, -0.25) is 4.79 Å². The van der Waals surface area contributed by atoms with Crippen molar-refractivity contribution in [1.82, 2.24) is 5.32 Å². The summed E-state index contributed by atoms with van der Waals surface area (Å²) in [7, 11) is 0. The highest BCUT2D eigenvalue weighted by Gasteiger charge is 2.47. The number of anilines is 1. The average Bonchev–Trinajstić information content (AvgIpc) is 3.15. The standard InChI is InChI=1S/C13H11F3N2O2/c14-13(15,16)8-2-1-3-9(6-8)18-11(19)10(7-4-5-7)17-12(18)20/h1-3,6-7,10H,4-5H2,(H,17,20). The van der Waals surface area contributed by atoms with E-state index in [0.29, 0.717) is 0 Å². The first kappa shape index (κ1) is 13.0. The Hall–Kier alpha value is -2.05. The lowest BCUT2D eigenvalue weighted by Gasteiger charge is -2.15. The number of halogens is 3. The van der Waals surface area contributed by atoms with Crippen LogP contribution >= 0.6 is 0 Å². The molecule has 0 spiro atoms. The van der Waals surface area contributed by atoms with Gasteiger partial charge in [0.15, 0.2) is 0 Å². The molecule has 0 bridgehead atoms. The van der Waals surface area contributed by atoms with Crippen LogP contribution < -0.4 is 10.2 Å². The zero-order valence-electron chi connectivity index (χ0n) is 10.3. The Balaban J connectivity index is 1.92. The Labute approximate surface area is 112 Å². The Morgan fingerprint density at radius 3 is 2.50 bits per heavy atom. The Kier molecular flexibility index (Phi) is 2.74. The Bertz CT molecular complexity index is 581. The summed E-state index contributed by atoms with van der Waals surface area (Å²) < 4.78 is 38.0. The van der Waals surface area contributed by atoms with Crippen molar-refractivity contribution in [2.24, 2.45) is 5.92 Å².